The summed E-state index contributed by atoms with van der Waals surface area (Å²) in [5.74, 6) is -4.59. The minimum atomic E-state index is -1.47. The number of aromatic amines is 1. The van der Waals surface area contributed by atoms with E-state index in [2.05, 4.69) is 20.9 Å². The fourth-order valence-electron chi connectivity index (χ4n) is 3.48. The third-order valence-corrected chi connectivity index (χ3v) is 5.34. The predicted molar refractivity (Wildman–Crippen MR) is 128 cm³/mol. The Morgan fingerprint density at radius 1 is 1.03 bits per heavy atom. The summed E-state index contributed by atoms with van der Waals surface area (Å²) in [6.07, 6.45) is 1.04. The van der Waals surface area contributed by atoms with Crippen molar-refractivity contribution in [1.82, 2.24) is 20.9 Å². The van der Waals surface area contributed by atoms with Crippen LogP contribution in [0, 0.1) is 0 Å². The largest absolute Gasteiger partial charge is 0.481 e. The Morgan fingerprint density at radius 3 is 2.28 bits per heavy atom. The molecule has 0 fully saturated rings. The number of H-pyrrole nitrogens is 1. The first-order valence-electron chi connectivity index (χ1n) is 11.2. The molecule has 2 rings (SSSR count). The molecule has 2 aromatic rings. The van der Waals surface area contributed by atoms with Crippen molar-refractivity contribution in [3.8, 4) is 0 Å². The van der Waals surface area contributed by atoms with Gasteiger partial charge in [0.15, 0.2) is 0 Å². The number of aliphatic carboxylic acids is 1. The zero-order valence-electron chi connectivity index (χ0n) is 19.7. The smallest absolute Gasteiger partial charge is 0.303 e. The van der Waals surface area contributed by atoms with Gasteiger partial charge in [0, 0.05) is 29.9 Å². The number of benzene rings is 1. The fourth-order valence-corrected chi connectivity index (χ4v) is 3.48. The van der Waals surface area contributed by atoms with Crippen molar-refractivity contribution in [2.75, 3.05) is 0 Å². The van der Waals surface area contributed by atoms with Gasteiger partial charge >= 0.3 is 5.97 Å². The molecule has 4 atom stereocenters. The van der Waals surface area contributed by atoms with Crippen molar-refractivity contribution in [2.45, 2.75) is 56.8 Å². The van der Waals surface area contributed by atoms with E-state index in [0.717, 1.165) is 16.5 Å². The number of amides is 4. The van der Waals surface area contributed by atoms with Gasteiger partial charge in [0.05, 0.1) is 18.5 Å². The van der Waals surface area contributed by atoms with Crippen LogP contribution in [0.3, 0.4) is 0 Å². The zero-order chi connectivity index (χ0) is 26.8. The van der Waals surface area contributed by atoms with Crippen molar-refractivity contribution in [2.24, 2.45) is 11.5 Å². The van der Waals surface area contributed by atoms with Crippen LogP contribution in [0.1, 0.15) is 31.7 Å². The summed E-state index contributed by atoms with van der Waals surface area (Å²) in [4.78, 5) is 74.9. The van der Waals surface area contributed by atoms with E-state index in [-0.39, 0.29) is 12.8 Å². The molecule has 1 heterocycles. The maximum absolute atomic E-state index is 12.9. The lowest BCUT2D eigenvalue weighted by molar-refractivity contribution is -0.138. The standard InChI is InChI=1S/C23H30N6O7/c1-12(24)21(34)28-17(6-7-20(32)33)22(35)29-18(9-19(25)31)23(36)27-14(11-30)8-13-10-26-16-5-3-2-4-15(13)16/h2-5,10-12,14,17-18,26H,6-9,24H2,1H3,(H2,25,31)(H,27,36)(H,28,34)(H,29,35)(H,32,33)/t12-,14-,17-,18-/m0/s1. The minimum absolute atomic E-state index is 0.141. The Bertz CT molecular complexity index is 1130. The summed E-state index contributed by atoms with van der Waals surface area (Å²) in [5.41, 5.74) is 12.3. The number of fused-ring (bicyclic) bond motifs is 1. The van der Waals surface area contributed by atoms with Gasteiger partial charge in [0.2, 0.25) is 23.6 Å². The monoisotopic (exact) mass is 502 g/mol. The molecule has 1 aromatic carbocycles. The van der Waals surface area contributed by atoms with E-state index >= 15 is 0 Å². The lowest BCUT2D eigenvalue weighted by atomic mass is 10.0. The zero-order valence-corrected chi connectivity index (χ0v) is 19.7. The number of nitrogens with two attached hydrogens (primary N) is 2. The number of para-hydroxylation sites is 1. The van der Waals surface area contributed by atoms with Crippen LogP contribution >= 0.6 is 0 Å². The van der Waals surface area contributed by atoms with Crippen molar-refractivity contribution >= 4 is 46.8 Å². The molecule has 13 heteroatoms. The van der Waals surface area contributed by atoms with Crippen LogP contribution in [0.15, 0.2) is 30.5 Å². The SMILES string of the molecule is C[C@H](N)C(=O)N[C@@H](CCC(=O)O)C(=O)N[C@@H](CC(N)=O)C(=O)N[C@H](C=O)Cc1c[nH]c2ccccc12. The number of hydrogen-bond acceptors (Lipinski definition) is 7. The second kappa shape index (κ2) is 13.0. The predicted octanol–water partition coefficient (Wildman–Crippen LogP) is -1.55. The molecular weight excluding hydrogens is 472 g/mol. The van der Waals surface area contributed by atoms with E-state index in [9.17, 15) is 28.8 Å². The van der Waals surface area contributed by atoms with Gasteiger partial charge in [-0.2, -0.15) is 0 Å². The van der Waals surface area contributed by atoms with E-state index in [0.29, 0.717) is 6.29 Å². The third kappa shape index (κ3) is 8.20. The van der Waals surface area contributed by atoms with Crippen LogP contribution in [-0.4, -0.2) is 70.1 Å². The first-order chi connectivity index (χ1) is 17.0. The highest BCUT2D eigenvalue weighted by Gasteiger charge is 2.30. The number of hydrogen-bond donors (Lipinski definition) is 7. The van der Waals surface area contributed by atoms with E-state index in [1.807, 2.05) is 24.3 Å². The summed E-state index contributed by atoms with van der Waals surface area (Å²) in [6, 6.07) is 2.62. The maximum Gasteiger partial charge on any atom is 0.303 e. The molecule has 0 saturated carbocycles. The third-order valence-electron chi connectivity index (χ3n) is 5.34. The molecule has 9 N–H and O–H groups in total. The Kier molecular flexibility index (Phi) is 10.1. The molecule has 0 aliphatic heterocycles. The lowest BCUT2D eigenvalue weighted by Crippen LogP contribution is -2.57. The van der Waals surface area contributed by atoms with Gasteiger partial charge in [0.1, 0.15) is 18.4 Å². The molecule has 1 aromatic heterocycles. The number of carboxylic acids is 1. The molecule has 0 unspecified atom stereocenters. The molecule has 0 bridgehead atoms. The Labute approximate surface area is 206 Å². The Balaban J connectivity index is 2.14. The Morgan fingerprint density at radius 2 is 1.67 bits per heavy atom. The number of nitrogens with one attached hydrogen (secondary N) is 4. The molecule has 13 nitrogen and oxygen atoms in total. The van der Waals surface area contributed by atoms with Crippen molar-refractivity contribution in [1.29, 1.82) is 0 Å². The van der Waals surface area contributed by atoms with Gasteiger partial charge in [-0.05, 0) is 25.0 Å². The summed E-state index contributed by atoms with van der Waals surface area (Å²) >= 11 is 0. The van der Waals surface area contributed by atoms with Gasteiger partial charge in [0.25, 0.3) is 0 Å². The number of rotatable bonds is 14. The highest BCUT2D eigenvalue weighted by atomic mass is 16.4. The normalized spacial score (nSPS) is 14.2. The quantitative estimate of drug-likeness (QED) is 0.149. The topological polar surface area (TPSA) is 227 Å². The molecule has 0 aliphatic carbocycles. The molecule has 194 valence electrons. The van der Waals surface area contributed by atoms with Gasteiger partial charge in [-0.3, -0.25) is 24.0 Å². The lowest BCUT2D eigenvalue weighted by Gasteiger charge is -2.24. The van der Waals surface area contributed by atoms with E-state index in [1.165, 1.54) is 6.92 Å². The van der Waals surface area contributed by atoms with Crippen LogP contribution < -0.4 is 27.4 Å². The van der Waals surface area contributed by atoms with Crippen LogP contribution in [0.25, 0.3) is 10.9 Å². The average molecular weight is 503 g/mol. The first-order valence-corrected chi connectivity index (χ1v) is 11.2. The molecule has 36 heavy (non-hydrogen) atoms. The molecule has 4 amide bonds. The molecular formula is C23H30N6O7. The number of primary amides is 1. The number of aromatic nitrogens is 1. The van der Waals surface area contributed by atoms with Gasteiger partial charge in [-0.25, -0.2) is 0 Å². The number of carbonyl (C=O) groups excluding carboxylic acids is 5. The van der Waals surface area contributed by atoms with E-state index < -0.39 is 66.6 Å². The molecule has 0 spiro atoms. The molecule has 0 saturated heterocycles. The van der Waals surface area contributed by atoms with Gasteiger partial charge in [-0.15, -0.1) is 0 Å². The van der Waals surface area contributed by atoms with Crippen molar-refractivity contribution < 1.29 is 33.9 Å². The van der Waals surface area contributed by atoms with Gasteiger partial charge in [-0.1, -0.05) is 18.2 Å². The number of carbonyl (C=O) groups is 6. The summed E-state index contributed by atoms with van der Waals surface area (Å²) < 4.78 is 0. The Hall–Kier alpha value is -4.26. The number of aldehydes is 1. The maximum atomic E-state index is 12.9. The minimum Gasteiger partial charge on any atom is -0.481 e. The van der Waals surface area contributed by atoms with Crippen molar-refractivity contribution in [3.63, 3.8) is 0 Å². The van der Waals surface area contributed by atoms with Crippen LogP contribution in [0.5, 0.6) is 0 Å². The first kappa shape index (κ1) is 28.0. The van der Waals surface area contributed by atoms with E-state index in [4.69, 9.17) is 16.6 Å². The van der Waals surface area contributed by atoms with Gasteiger partial charge < -0.3 is 42.3 Å². The highest BCUT2D eigenvalue weighted by molar-refractivity contribution is 5.95. The molecule has 0 radical (unpaired) electrons. The summed E-state index contributed by atoms with van der Waals surface area (Å²) in [5, 5.41) is 16.9. The highest BCUT2D eigenvalue weighted by Crippen LogP contribution is 2.18. The van der Waals surface area contributed by atoms with Crippen LogP contribution in [0.4, 0.5) is 0 Å². The molecule has 0 aliphatic rings. The average Bonchev–Trinajstić information content (AvgIpc) is 3.22. The summed E-state index contributed by atoms with van der Waals surface area (Å²) in [7, 11) is 0. The van der Waals surface area contributed by atoms with Crippen LogP contribution in [-0.2, 0) is 35.2 Å². The number of carboxylic acid groups (broad SMARTS) is 1. The van der Waals surface area contributed by atoms with Crippen molar-refractivity contribution in [3.05, 3.63) is 36.0 Å². The van der Waals surface area contributed by atoms with Crippen LogP contribution in [0.2, 0.25) is 0 Å². The second-order valence-electron chi connectivity index (χ2n) is 8.33. The second-order valence-corrected chi connectivity index (χ2v) is 8.33. The fraction of sp³-hybridized carbons (Fsp3) is 0.391. The van der Waals surface area contributed by atoms with E-state index in [1.54, 1.807) is 6.20 Å². The summed E-state index contributed by atoms with van der Waals surface area (Å²) in [6.45, 7) is 1.37.